The standard InChI is InChI=1S/C19H19NO4/c1-13-2-8-16(9-3-13)24-17-10-6-15(7-11-17)20-18(21)12-23-19(22)14-4-5-14/h2-3,6-11,14H,4-5,12H2,1H3,(H,20,21). The zero-order valence-electron chi connectivity index (χ0n) is 13.5. The van der Waals surface area contributed by atoms with Gasteiger partial charge in [-0.1, -0.05) is 17.7 Å². The third-order valence-corrected chi connectivity index (χ3v) is 3.65. The van der Waals surface area contributed by atoms with E-state index in [2.05, 4.69) is 5.32 Å². The van der Waals surface area contributed by atoms with Crippen LogP contribution in [-0.2, 0) is 14.3 Å². The van der Waals surface area contributed by atoms with E-state index in [0.29, 0.717) is 11.4 Å². The van der Waals surface area contributed by atoms with E-state index in [1.807, 2.05) is 31.2 Å². The van der Waals surface area contributed by atoms with E-state index >= 15 is 0 Å². The molecule has 1 fully saturated rings. The van der Waals surface area contributed by atoms with Crippen LogP contribution in [0.1, 0.15) is 18.4 Å². The number of amides is 1. The molecule has 0 spiro atoms. The molecule has 2 aromatic carbocycles. The number of rotatable bonds is 6. The highest BCUT2D eigenvalue weighted by molar-refractivity contribution is 5.93. The summed E-state index contributed by atoms with van der Waals surface area (Å²) in [5, 5.41) is 2.68. The van der Waals surface area contributed by atoms with Crippen LogP contribution in [0.2, 0.25) is 0 Å². The van der Waals surface area contributed by atoms with Crippen molar-refractivity contribution >= 4 is 17.6 Å². The molecule has 3 rings (SSSR count). The number of hydrogen-bond donors (Lipinski definition) is 1. The summed E-state index contributed by atoms with van der Waals surface area (Å²) < 4.78 is 10.7. The Bertz CT molecular complexity index is 718. The first kappa shape index (κ1) is 16.1. The van der Waals surface area contributed by atoms with Crippen LogP contribution in [0.4, 0.5) is 5.69 Å². The summed E-state index contributed by atoms with van der Waals surface area (Å²) in [4.78, 5) is 23.1. The zero-order valence-corrected chi connectivity index (χ0v) is 13.5. The summed E-state index contributed by atoms with van der Waals surface area (Å²) in [5.74, 6) is 0.792. The molecule has 0 bridgehead atoms. The fraction of sp³-hybridized carbons (Fsp3) is 0.263. The van der Waals surface area contributed by atoms with Crippen molar-refractivity contribution in [2.45, 2.75) is 19.8 Å². The van der Waals surface area contributed by atoms with Gasteiger partial charge in [-0.2, -0.15) is 0 Å². The first-order valence-electron chi connectivity index (χ1n) is 7.91. The fourth-order valence-electron chi connectivity index (χ4n) is 2.12. The SMILES string of the molecule is Cc1ccc(Oc2ccc(NC(=O)COC(=O)C3CC3)cc2)cc1. The van der Waals surface area contributed by atoms with Gasteiger partial charge in [0.05, 0.1) is 5.92 Å². The van der Waals surface area contributed by atoms with Gasteiger partial charge in [0, 0.05) is 5.69 Å². The Balaban J connectivity index is 1.49. The Morgan fingerprint density at radius 1 is 1.00 bits per heavy atom. The van der Waals surface area contributed by atoms with Crippen LogP contribution in [0, 0.1) is 12.8 Å². The van der Waals surface area contributed by atoms with Gasteiger partial charge < -0.3 is 14.8 Å². The van der Waals surface area contributed by atoms with Crippen LogP contribution in [-0.4, -0.2) is 18.5 Å². The lowest BCUT2D eigenvalue weighted by atomic mass is 10.2. The maximum absolute atomic E-state index is 11.7. The van der Waals surface area contributed by atoms with E-state index in [9.17, 15) is 9.59 Å². The summed E-state index contributed by atoms with van der Waals surface area (Å²) in [7, 11) is 0. The van der Waals surface area contributed by atoms with E-state index in [4.69, 9.17) is 9.47 Å². The van der Waals surface area contributed by atoms with Gasteiger partial charge in [-0.3, -0.25) is 9.59 Å². The van der Waals surface area contributed by atoms with Gasteiger partial charge in [0.1, 0.15) is 11.5 Å². The van der Waals surface area contributed by atoms with E-state index in [-0.39, 0.29) is 24.4 Å². The smallest absolute Gasteiger partial charge is 0.309 e. The second-order valence-corrected chi connectivity index (χ2v) is 5.87. The van der Waals surface area contributed by atoms with Crippen molar-refractivity contribution in [3.05, 3.63) is 54.1 Å². The molecule has 0 radical (unpaired) electrons. The Morgan fingerprint density at radius 2 is 1.58 bits per heavy atom. The molecule has 0 saturated heterocycles. The number of ether oxygens (including phenoxy) is 2. The minimum absolute atomic E-state index is 0.00370. The third kappa shape index (κ3) is 4.59. The largest absolute Gasteiger partial charge is 0.457 e. The predicted octanol–water partition coefficient (Wildman–Crippen LogP) is 3.68. The van der Waals surface area contributed by atoms with Crippen molar-refractivity contribution < 1.29 is 19.1 Å². The number of benzene rings is 2. The van der Waals surface area contributed by atoms with E-state index in [0.717, 1.165) is 18.6 Å². The number of nitrogens with one attached hydrogen (secondary N) is 1. The molecule has 5 nitrogen and oxygen atoms in total. The van der Waals surface area contributed by atoms with Crippen molar-refractivity contribution in [1.82, 2.24) is 0 Å². The average Bonchev–Trinajstić information content (AvgIpc) is 3.42. The molecular weight excluding hydrogens is 306 g/mol. The van der Waals surface area contributed by atoms with E-state index in [1.165, 1.54) is 5.56 Å². The maximum Gasteiger partial charge on any atom is 0.309 e. The van der Waals surface area contributed by atoms with Gasteiger partial charge >= 0.3 is 5.97 Å². The normalized spacial score (nSPS) is 13.2. The monoisotopic (exact) mass is 325 g/mol. The Labute approximate surface area is 140 Å². The molecule has 1 aliphatic rings. The summed E-state index contributed by atoms with van der Waals surface area (Å²) in [6, 6.07) is 14.8. The number of carbonyl (C=O) groups excluding carboxylic acids is 2. The van der Waals surface area contributed by atoms with Crippen molar-refractivity contribution in [2.24, 2.45) is 5.92 Å². The van der Waals surface area contributed by atoms with Crippen molar-refractivity contribution in [3.63, 3.8) is 0 Å². The lowest BCUT2D eigenvalue weighted by Crippen LogP contribution is -2.21. The molecule has 0 aliphatic heterocycles. The average molecular weight is 325 g/mol. The summed E-state index contributed by atoms with van der Waals surface area (Å²) in [6.45, 7) is 1.76. The first-order valence-corrected chi connectivity index (χ1v) is 7.91. The number of aryl methyl sites for hydroxylation is 1. The summed E-state index contributed by atoms with van der Waals surface area (Å²) in [5.41, 5.74) is 1.79. The highest BCUT2D eigenvalue weighted by atomic mass is 16.5. The number of carbonyl (C=O) groups is 2. The lowest BCUT2D eigenvalue weighted by molar-refractivity contribution is -0.148. The van der Waals surface area contributed by atoms with Gasteiger partial charge in [-0.05, 0) is 56.2 Å². The molecule has 0 heterocycles. The molecule has 1 amide bonds. The van der Waals surface area contributed by atoms with E-state index in [1.54, 1.807) is 24.3 Å². The summed E-state index contributed by atoms with van der Waals surface area (Å²) >= 11 is 0. The van der Waals surface area contributed by atoms with Crippen LogP contribution in [0.5, 0.6) is 11.5 Å². The second-order valence-electron chi connectivity index (χ2n) is 5.87. The molecule has 1 N–H and O–H groups in total. The molecule has 24 heavy (non-hydrogen) atoms. The topological polar surface area (TPSA) is 64.6 Å². The van der Waals surface area contributed by atoms with Crippen LogP contribution in [0.3, 0.4) is 0 Å². The number of anilines is 1. The predicted molar refractivity (Wildman–Crippen MR) is 90.0 cm³/mol. The minimum atomic E-state index is -0.351. The van der Waals surface area contributed by atoms with Gasteiger partial charge in [-0.15, -0.1) is 0 Å². The molecule has 2 aromatic rings. The van der Waals surface area contributed by atoms with Gasteiger partial charge in [0.25, 0.3) is 5.91 Å². The molecular formula is C19H19NO4. The van der Waals surface area contributed by atoms with Crippen LogP contribution >= 0.6 is 0 Å². The van der Waals surface area contributed by atoms with Crippen molar-refractivity contribution in [1.29, 1.82) is 0 Å². The quantitative estimate of drug-likeness (QED) is 0.823. The van der Waals surface area contributed by atoms with Crippen LogP contribution in [0.25, 0.3) is 0 Å². The maximum atomic E-state index is 11.7. The van der Waals surface area contributed by atoms with Crippen LogP contribution < -0.4 is 10.1 Å². The van der Waals surface area contributed by atoms with E-state index < -0.39 is 0 Å². The molecule has 1 aliphatic carbocycles. The van der Waals surface area contributed by atoms with Crippen LogP contribution in [0.15, 0.2) is 48.5 Å². The van der Waals surface area contributed by atoms with Gasteiger partial charge in [0.2, 0.25) is 0 Å². The van der Waals surface area contributed by atoms with Gasteiger partial charge in [-0.25, -0.2) is 0 Å². The first-order chi connectivity index (χ1) is 11.6. The summed E-state index contributed by atoms with van der Waals surface area (Å²) in [6.07, 6.45) is 1.73. The Morgan fingerprint density at radius 3 is 2.17 bits per heavy atom. The number of hydrogen-bond acceptors (Lipinski definition) is 4. The molecule has 5 heteroatoms. The molecule has 0 aromatic heterocycles. The van der Waals surface area contributed by atoms with Gasteiger partial charge in [0.15, 0.2) is 6.61 Å². The van der Waals surface area contributed by atoms with Crippen molar-refractivity contribution in [3.8, 4) is 11.5 Å². The third-order valence-electron chi connectivity index (χ3n) is 3.65. The lowest BCUT2D eigenvalue weighted by Gasteiger charge is -2.08. The minimum Gasteiger partial charge on any atom is -0.457 e. The highest BCUT2D eigenvalue weighted by Crippen LogP contribution is 2.30. The zero-order chi connectivity index (χ0) is 16.9. The fourth-order valence-corrected chi connectivity index (χ4v) is 2.12. The number of esters is 1. The Kier molecular flexibility index (Phi) is 4.79. The molecule has 0 atom stereocenters. The highest BCUT2D eigenvalue weighted by Gasteiger charge is 2.31. The second kappa shape index (κ2) is 7.17. The molecule has 1 saturated carbocycles. The molecule has 124 valence electrons. The van der Waals surface area contributed by atoms with Crippen molar-refractivity contribution in [2.75, 3.05) is 11.9 Å². The molecule has 0 unspecified atom stereocenters. The Hall–Kier alpha value is -2.82.